The maximum Gasteiger partial charge on any atom is 0.253 e. The number of carbonyl (C=O) groups excluding carboxylic acids is 1. The maximum absolute atomic E-state index is 11.9. The summed E-state index contributed by atoms with van der Waals surface area (Å²) in [6.45, 7) is 1.96. The number of hydrogen-bond donors (Lipinski definition) is 1. The highest BCUT2D eigenvalue weighted by Crippen LogP contribution is 2.16. The van der Waals surface area contributed by atoms with Crippen molar-refractivity contribution in [2.45, 2.75) is 13.0 Å². The first kappa shape index (κ1) is 12.8. The molecule has 2 aromatic rings. The first-order valence-electron chi connectivity index (χ1n) is 5.63. The van der Waals surface area contributed by atoms with E-state index in [1.54, 1.807) is 24.5 Å². The number of nitrogens with one attached hydrogen (secondary N) is 1. The van der Waals surface area contributed by atoms with Gasteiger partial charge >= 0.3 is 0 Å². The molecular formula is C14H13BrN2O. The predicted octanol–water partition coefficient (Wildman–Crippen LogP) is 3.34. The molecule has 1 N–H and O–H groups in total. The molecule has 1 amide bonds. The van der Waals surface area contributed by atoms with Gasteiger partial charge in [-0.05, 0) is 36.8 Å². The quantitative estimate of drug-likeness (QED) is 0.945. The molecule has 0 aliphatic heterocycles. The molecule has 1 aromatic heterocycles. The molecule has 3 nitrogen and oxygen atoms in total. The van der Waals surface area contributed by atoms with E-state index in [1.165, 1.54) is 0 Å². The highest BCUT2D eigenvalue weighted by molar-refractivity contribution is 9.10. The van der Waals surface area contributed by atoms with Gasteiger partial charge in [0.05, 0.1) is 11.6 Å². The van der Waals surface area contributed by atoms with Crippen LogP contribution in [0.25, 0.3) is 0 Å². The van der Waals surface area contributed by atoms with Gasteiger partial charge < -0.3 is 5.32 Å². The van der Waals surface area contributed by atoms with Gasteiger partial charge in [0.15, 0.2) is 0 Å². The molecule has 92 valence electrons. The number of rotatable bonds is 3. The third kappa shape index (κ3) is 3.17. The van der Waals surface area contributed by atoms with E-state index in [1.807, 2.05) is 31.2 Å². The topological polar surface area (TPSA) is 42.0 Å². The lowest BCUT2D eigenvalue weighted by atomic mass is 10.1. The van der Waals surface area contributed by atoms with E-state index in [4.69, 9.17) is 0 Å². The summed E-state index contributed by atoms with van der Waals surface area (Å²) in [7, 11) is 0. The van der Waals surface area contributed by atoms with Crippen molar-refractivity contribution < 1.29 is 4.79 Å². The zero-order valence-electron chi connectivity index (χ0n) is 9.93. The maximum atomic E-state index is 11.9. The second-order valence-electron chi connectivity index (χ2n) is 3.99. The number of nitrogens with zero attached hydrogens (tertiary/aromatic N) is 1. The molecule has 0 aliphatic rings. The minimum Gasteiger partial charge on any atom is -0.345 e. The molecule has 4 heteroatoms. The zero-order valence-corrected chi connectivity index (χ0v) is 11.5. The van der Waals surface area contributed by atoms with Crippen LogP contribution in [-0.4, -0.2) is 10.9 Å². The number of halogens is 1. The van der Waals surface area contributed by atoms with E-state index < -0.39 is 0 Å². The monoisotopic (exact) mass is 304 g/mol. The highest BCUT2D eigenvalue weighted by Gasteiger charge is 2.10. The molecule has 1 unspecified atom stereocenters. The van der Waals surface area contributed by atoms with E-state index >= 15 is 0 Å². The number of carbonyl (C=O) groups is 1. The summed E-state index contributed by atoms with van der Waals surface area (Å²) in [6.07, 6.45) is 3.21. The van der Waals surface area contributed by atoms with Crippen LogP contribution in [0.4, 0.5) is 0 Å². The van der Waals surface area contributed by atoms with Crippen molar-refractivity contribution in [1.82, 2.24) is 10.3 Å². The predicted molar refractivity (Wildman–Crippen MR) is 74.3 cm³/mol. The van der Waals surface area contributed by atoms with Gasteiger partial charge in [-0.1, -0.05) is 28.1 Å². The van der Waals surface area contributed by atoms with Crippen molar-refractivity contribution in [3.8, 4) is 0 Å². The van der Waals surface area contributed by atoms with Crippen molar-refractivity contribution in [3.05, 3.63) is 64.4 Å². The highest BCUT2D eigenvalue weighted by atomic mass is 79.9. The van der Waals surface area contributed by atoms with Gasteiger partial charge in [0, 0.05) is 16.9 Å². The van der Waals surface area contributed by atoms with E-state index in [-0.39, 0.29) is 11.9 Å². The van der Waals surface area contributed by atoms with Gasteiger partial charge in [-0.15, -0.1) is 0 Å². The van der Waals surface area contributed by atoms with Crippen LogP contribution in [0.3, 0.4) is 0 Å². The minimum atomic E-state index is -0.112. The Bertz CT molecular complexity index is 525. The van der Waals surface area contributed by atoms with Crippen LogP contribution in [0, 0.1) is 0 Å². The fourth-order valence-corrected chi connectivity index (χ4v) is 1.88. The molecule has 18 heavy (non-hydrogen) atoms. The van der Waals surface area contributed by atoms with Gasteiger partial charge in [-0.3, -0.25) is 9.78 Å². The summed E-state index contributed by atoms with van der Waals surface area (Å²) in [6, 6.07) is 11.3. The van der Waals surface area contributed by atoms with Crippen molar-refractivity contribution in [2.24, 2.45) is 0 Å². The van der Waals surface area contributed by atoms with E-state index in [2.05, 4.69) is 26.2 Å². The third-order valence-electron chi connectivity index (χ3n) is 2.64. The van der Waals surface area contributed by atoms with E-state index in [0.29, 0.717) is 5.56 Å². The molecule has 0 bridgehead atoms. The lowest BCUT2D eigenvalue weighted by Gasteiger charge is -2.14. The van der Waals surface area contributed by atoms with E-state index in [9.17, 15) is 4.79 Å². The smallest absolute Gasteiger partial charge is 0.253 e. The van der Waals surface area contributed by atoms with E-state index in [0.717, 1.165) is 10.0 Å². The second kappa shape index (κ2) is 5.78. The molecule has 1 aromatic carbocycles. The number of hydrogen-bond acceptors (Lipinski definition) is 2. The van der Waals surface area contributed by atoms with Gasteiger partial charge in [0.25, 0.3) is 5.91 Å². The first-order valence-corrected chi connectivity index (χ1v) is 6.42. The van der Waals surface area contributed by atoms with Crippen molar-refractivity contribution in [3.63, 3.8) is 0 Å². The van der Waals surface area contributed by atoms with Crippen molar-refractivity contribution >= 4 is 21.8 Å². The van der Waals surface area contributed by atoms with Gasteiger partial charge in [-0.2, -0.15) is 0 Å². The largest absolute Gasteiger partial charge is 0.345 e. The van der Waals surface area contributed by atoms with Crippen LogP contribution in [0.1, 0.15) is 28.9 Å². The van der Waals surface area contributed by atoms with Crippen LogP contribution >= 0.6 is 15.9 Å². The first-order chi connectivity index (χ1) is 8.66. The van der Waals surface area contributed by atoms with Gasteiger partial charge in [-0.25, -0.2) is 0 Å². The molecule has 0 aliphatic carbocycles. The average molecular weight is 305 g/mol. The molecule has 1 heterocycles. The van der Waals surface area contributed by atoms with Crippen molar-refractivity contribution in [2.75, 3.05) is 0 Å². The Kier molecular flexibility index (Phi) is 4.10. The molecule has 0 fully saturated rings. The Morgan fingerprint density at radius 3 is 2.61 bits per heavy atom. The van der Waals surface area contributed by atoms with Crippen LogP contribution in [0.2, 0.25) is 0 Å². The summed E-state index contributed by atoms with van der Waals surface area (Å²) >= 11 is 3.39. The van der Waals surface area contributed by atoms with Gasteiger partial charge in [0.1, 0.15) is 0 Å². The summed E-state index contributed by atoms with van der Waals surface area (Å²) in [5, 5.41) is 2.94. The zero-order chi connectivity index (χ0) is 13.0. The Morgan fingerprint density at radius 1 is 1.28 bits per heavy atom. The molecular weight excluding hydrogens is 292 g/mol. The molecule has 0 radical (unpaired) electrons. The summed E-state index contributed by atoms with van der Waals surface area (Å²) < 4.78 is 1.03. The Morgan fingerprint density at radius 2 is 2.00 bits per heavy atom. The SMILES string of the molecule is CC(NC(=O)c1cccnc1)c1ccc(Br)cc1. The lowest BCUT2D eigenvalue weighted by molar-refractivity contribution is 0.0939. The van der Waals surface area contributed by atoms with Crippen LogP contribution < -0.4 is 5.32 Å². The Hall–Kier alpha value is -1.68. The summed E-state index contributed by atoms with van der Waals surface area (Å²) in [5.41, 5.74) is 1.64. The lowest BCUT2D eigenvalue weighted by Crippen LogP contribution is -2.26. The second-order valence-corrected chi connectivity index (χ2v) is 4.90. The Labute approximate surface area is 114 Å². The fourth-order valence-electron chi connectivity index (χ4n) is 1.61. The third-order valence-corrected chi connectivity index (χ3v) is 3.17. The number of benzene rings is 1. The van der Waals surface area contributed by atoms with Crippen LogP contribution in [0.5, 0.6) is 0 Å². The number of aromatic nitrogens is 1. The molecule has 0 spiro atoms. The minimum absolute atomic E-state index is 0.0363. The average Bonchev–Trinajstić information content (AvgIpc) is 2.40. The van der Waals surface area contributed by atoms with Crippen molar-refractivity contribution in [1.29, 1.82) is 0 Å². The normalized spacial score (nSPS) is 11.9. The van der Waals surface area contributed by atoms with Gasteiger partial charge in [0.2, 0.25) is 0 Å². The molecule has 0 saturated heterocycles. The molecule has 2 rings (SSSR count). The number of pyridine rings is 1. The summed E-state index contributed by atoms with van der Waals surface area (Å²) in [5.74, 6) is -0.112. The van der Waals surface area contributed by atoms with Crippen LogP contribution in [-0.2, 0) is 0 Å². The summed E-state index contributed by atoms with van der Waals surface area (Å²) in [4.78, 5) is 15.9. The fraction of sp³-hybridized carbons (Fsp3) is 0.143. The molecule has 1 atom stereocenters. The number of amides is 1. The van der Waals surface area contributed by atoms with Crippen LogP contribution in [0.15, 0.2) is 53.3 Å². The molecule has 0 saturated carbocycles. The Balaban J connectivity index is 2.06. The standard InChI is InChI=1S/C14H13BrN2O/c1-10(11-4-6-13(15)7-5-11)17-14(18)12-3-2-8-16-9-12/h2-10H,1H3,(H,17,18).